The first kappa shape index (κ1) is 11.4. The molecule has 80 valence electrons. The van der Waals surface area contributed by atoms with Crippen LogP contribution in [0, 0.1) is 0 Å². The smallest absolute Gasteiger partial charge is 0.126 e. The molecule has 0 atom stereocenters. The maximum Gasteiger partial charge on any atom is 0.126 e. The van der Waals surface area contributed by atoms with Crippen molar-refractivity contribution in [3.8, 4) is 0 Å². The summed E-state index contributed by atoms with van der Waals surface area (Å²) in [7, 11) is 1.99. The average Bonchev–Trinajstić information content (AvgIpc) is 2.46. The van der Waals surface area contributed by atoms with Gasteiger partial charge in [-0.1, -0.05) is 6.92 Å². The summed E-state index contributed by atoms with van der Waals surface area (Å²) >= 11 is 1.87. The fourth-order valence-electron chi connectivity index (χ4n) is 1.50. The Morgan fingerprint density at radius 3 is 2.71 bits per heavy atom. The van der Waals surface area contributed by atoms with Crippen molar-refractivity contribution in [2.45, 2.75) is 26.2 Å². The van der Waals surface area contributed by atoms with Gasteiger partial charge in [-0.05, 0) is 24.9 Å². The molecule has 0 saturated carbocycles. The van der Waals surface area contributed by atoms with Crippen molar-refractivity contribution < 1.29 is 0 Å². The van der Waals surface area contributed by atoms with Crippen molar-refractivity contribution in [3.63, 3.8) is 0 Å². The van der Waals surface area contributed by atoms with E-state index in [1.165, 1.54) is 5.75 Å². The zero-order chi connectivity index (χ0) is 10.6. The molecule has 0 amide bonds. The Bertz CT molecular complexity index is 294. The standard InChI is InChI=1S/C10H19N3S/c1-4-9-12-8(6-5-7-14-3)10(11)13(9)2/h4-7,11H2,1-3H3. The number of hydrogen-bond acceptors (Lipinski definition) is 3. The maximum absolute atomic E-state index is 5.95. The minimum Gasteiger partial charge on any atom is -0.384 e. The molecule has 0 radical (unpaired) electrons. The predicted molar refractivity (Wildman–Crippen MR) is 63.7 cm³/mol. The Morgan fingerprint density at radius 1 is 1.50 bits per heavy atom. The molecule has 1 rings (SSSR count). The number of rotatable bonds is 5. The summed E-state index contributed by atoms with van der Waals surface area (Å²) in [6.45, 7) is 2.10. The van der Waals surface area contributed by atoms with E-state index in [4.69, 9.17) is 5.73 Å². The second-order valence-corrected chi connectivity index (χ2v) is 4.35. The molecule has 3 nitrogen and oxygen atoms in total. The lowest BCUT2D eigenvalue weighted by Crippen LogP contribution is -2.01. The summed E-state index contributed by atoms with van der Waals surface area (Å²) in [5.74, 6) is 3.10. The lowest BCUT2D eigenvalue weighted by molar-refractivity contribution is 0.814. The number of nitrogens with zero attached hydrogens (tertiary/aromatic N) is 2. The Kier molecular flexibility index (Phi) is 4.32. The maximum atomic E-state index is 5.95. The Morgan fingerprint density at radius 2 is 2.21 bits per heavy atom. The highest BCUT2D eigenvalue weighted by molar-refractivity contribution is 7.98. The molecule has 2 N–H and O–H groups in total. The highest BCUT2D eigenvalue weighted by atomic mass is 32.2. The molecule has 1 aromatic heterocycles. The number of thioether (sulfide) groups is 1. The third kappa shape index (κ3) is 2.44. The van der Waals surface area contributed by atoms with Crippen LogP contribution in [0.1, 0.15) is 24.9 Å². The average molecular weight is 213 g/mol. The van der Waals surface area contributed by atoms with Crippen LogP contribution in [0.15, 0.2) is 0 Å². The largest absolute Gasteiger partial charge is 0.384 e. The van der Waals surface area contributed by atoms with E-state index in [0.29, 0.717) is 0 Å². The van der Waals surface area contributed by atoms with E-state index in [1.807, 2.05) is 23.4 Å². The highest BCUT2D eigenvalue weighted by Crippen LogP contribution is 2.15. The number of imidazole rings is 1. The number of aromatic nitrogens is 2. The van der Waals surface area contributed by atoms with E-state index < -0.39 is 0 Å². The van der Waals surface area contributed by atoms with Crippen LogP contribution >= 0.6 is 11.8 Å². The monoisotopic (exact) mass is 213 g/mol. The van der Waals surface area contributed by atoms with Gasteiger partial charge in [-0.25, -0.2) is 4.98 Å². The minimum absolute atomic E-state index is 0.836. The fourth-order valence-corrected chi connectivity index (χ4v) is 1.94. The summed E-state index contributed by atoms with van der Waals surface area (Å²) in [4.78, 5) is 4.53. The molecule has 14 heavy (non-hydrogen) atoms. The molecule has 0 aliphatic rings. The first-order valence-electron chi connectivity index (χ1n) is 4.99. The molecule has 1 aromatic rings. The van der Waals surface area contributed by atoms with E-state index >= 15 is 0 Å². The molecule has 0 unspecified atom stereocenters. The lowest BCUT2D eigenvalue weighted by atomic mass is 10.2. The van der Waals surface area contributed by atoms with Gasteiger partial charge in [-0.2, -0.15) is 11.8 Å². The van der Waals surface area contributed by atoms with Gasteiger partial charge in [-0.15, -0.1) is 0 Å². The van der Waals surface area contributed by atoms with Crippen molar-refractivity contribution >= 4 is 17.6 Å². The minimum atomic E-state index is 0.836. The van der Waals surface area contributed by atoms with Crippen LogP contribution in [0.25, 0.3) is 0 Å². The molecule has 0 aromatic carbocycles. The van der Waals surface area contributed by atoms with Crippen molar-refractivity contribution in [2.75, 3.05) is 17.7 Å². The van der Waals surface area contributed by atoms with Crippen LogP contribution in [0.3, 0.4) is 0 Å². The molecular weight excluding hydrogens is 194 g/mol. The summed E-state index contributed by atoms with van der Waals surface area (Å²) in [6.07, 6.45) is 5.23. The van der Waals surface area contributed by atoms with E-state index in [1.54, 1.807) is 0 Å². The summed E-state index contributed by atoms with van der Waals surface area (Å²) in [5.41, 5.74) is 7.02. The van der Waals surface area contributed by atoms with Crippen LogP contribution < -0.4 is 5.73 Å². The summed E-state index contributed by atoms with van der Waals surface area (Å²) in [5, 5.41) is 0. The molecule has 0 aliphatic carbocycles. The van der Waals surface area contributed by atoms with Crippen LogP contribution in [0.2, 0.25) is 0 Å². The molecule has 1 heterocycles. The van der Waals surface area contributed by atoms with Gasteiger partial charge in [0.05, 0.1) is 5.69 Å². The summed E-state index contributed by atoms with van der Waals surface area (Å²) < 4.78 is 1.99. The van der Waals surface area contributed by atoms with Gasteiger partial charge < -0.3 is 10.3 Å². The predicted octanol–water partition coefficient (Wildman–Crippen LogP) is 1.86. The first-order chi connectivity index (χ1) is 6.70. The molecule has 4 heteroatoms. The molecule has 0 spiro atoms. The highest BCUT2D eigenvalue weighted by Gasteiger charge is 2.09. The Hall–Kier alpha value is -0.640. The van der Waals surface area contributed by atoms with Crippen LogP contribution in [-0.2, 0) is 19.9 Å². The topological polar surface area (TPSA) is 43.8 Å². The van der Waals surface area contributed by atoms with Gasteiger partial charge >= 0.3 is 0 Å². The molecular formula is C10H19N3S. The van der Waals surface area contributed by atoms with E-state index in [0.717, 1.165) is 36.6 Å². The lowest BCUT2D eigenvalue weighted by Gasteiger charge is -1.99. The van der Waals surface area contributed by atoms with E-state index in [9.17, 15) is 0 Å². The van der Waals surface area contributed by atoms with Crippen molar-refractivity contribution in [2.24, 2.45) is 7.05 Å². The Labute approximate surface area is 90.1 Å². The Balaban J connectivity index is 2.67. The zero-order valence-corrected chi connectivity index (χ0v) is 10.0. The third-order valence-corrected chi connectivity index (χ3v) is 3.08. The molecule has 0 saturated heterocycles. The molecule has 0 bridgehead atoms. The van der Waals surface area contributed by atoms with E-state index in [2.05, 4.69) is 18.2 Å². The van der Waals surface area contributed by atoms with Gasteiger partial charge in [0.1, 0.15) is 11.6 Å². The van der Waals surface area contributed by atoms with Crippen molar-refractivity contribution in [1.29, 1.82) is 0 Å². The van der Waals surface area contributed by atoms with Gasteiger partial charge in [0.15, 0.2) is 0 Å². The number of anilines is 1. The fraction of sp³-hybridized carbons (Fsp3) is 0.700. The third-order valence-electron chi connectivity index (χ3n) is 2.39. The van der Waals surface area contributed by atoms with Gasteiger partial charge in [0.2, 0.25) is 0 Å². The second kappa shape index (κ2) is 5.29. The second-order valence-electron chi connectivity index (χ2n) is 3.37. The quantitative estimate of drug-likeness (QED) is 0.759. The van der Waals surface area contributed by atoms with Crippen LogP contribution in [0.5, 0.6) is 0 Å². The number of nitrogens with two attached hydrogens (primary N) is 1. The van der Waals surface area contributed by atoms with Gasteiger partial charge in [-0.3, -0.25) is 0 Å². The molecule has 0 aliphatic heterocycles. The molecule has 0 fully saturated rings. The van der Waals surface area contributed by atoms with E-state index in [-0.39, 0.29) is 0 Å². The number of aryl methyl sites for hydroxylation is 2. The normalized spacial score (nSPS) is 10.8. The number of hydrogen-bond donors (Lipinski definition) is 1. The van der Waals surface area contributed by atoms with Crippen LogP contribution in [-0.4, -0.2) is 21.6 Å². The zero-order valence-electron chi connectivity index (χ0n) is 9.21. The van der Waals surface area contributed by atoms with Crippen molar-refractivity contribution in [3.05, 3.63) is 11.5 Å². The van der Waals surface area contributed by atoms with Crippen LogP contribution in [0.4, 0.5) is 5.82 Å². The van der Waals surface area contributed by atoms with Gasteiger partial charge in [0.25, 0.3) is 0 Å². The number of nitrogen functional groups attached to an aromatic ring is 1. The van der Waals surface area contributed by atoms with Gasteiger partial charge in [0, 0.05) is 13.5 Å². The summed E-state index contributed by atoms with van der Waals surface area (Å²) in [6, 6.07) is 0. The SMILES string of the molecule is CCc1nc(CCCSC)c(N)n1C. The van der Waals surface area contributed by atoms with Crippen molar-refractivity contribution in [1.82, 2.24) is 9.55 Å². The first-order valence-corrected chi connectivity index (χ1v) is 6.39.